The normalized spacial score (nSPS) is 19.8. The summed E-state index contributed by atoms with van der Waals surface area (Å²) in [7, 11) is 2.31. The van der Waals surface area contributed by atoms with E-state index in [1.165, 1.54) is 25.8 Å². The summed E-state index contributed by atoms with van der Waals surface area (Å²) < 4.78 is 0. The molecule has 0 bridgehead atoms. The van der Waals surface area contributed by atoms with E-state index in [1.54, 1.807) is 15.6 Å². The van der Waals surface area contributed by atoms with E-state index in [0.717, 1.165) is 11.5 Å². The Morgan fingerprint density at radius 3 is 1.50 bits per heavy atom. The van der Waals surface area contributed by atoms with Gasteiger partial charge < -0.3 is 4.90 Å². The van der Waals surface area contributed by atoms with Gasteiger partial charge in [0.2, 0.25) is 0 Å². The van der Waals surface area contributed by atoms with Crippen molar-refractivity contribution < 1.29 is 0 Å². The van der Waals surface area contributed by atoms with Crippen molar-refractivity contribution in [2.45, 2.75) is 24.8 Å². The van der Waals surface area contributed by atoms with Gasteiger partial charge in [-0.15, -0.1) is 0 Å². The lowest BCUT2D eigenvalue weighted by Gasteiger charge is -2.42. The van der Waals surface area contributed by atoms with Crippen LogP contribution in [0.5, 0.6) is 0 Å². The summed E-state index contributed by atoms with van der Waals surface area (Å²) in [6.07, 6.45) is 4.04. The van der Waals surface area contributed by atoms with Crippen molar-refractivity contribution in [1.82, 2.24) is 4.90 Å². The quantitative estimate of drug-likeness (QED) is 0.460. The zero-order chi connectivity index (χ0) is 19.4. The van der Waals surface area contributed by atoms with E-state index in [2.05, 4.69) is 110 Å². The second-order valence-electron chi connectivity index (χ2n) is 8.47. The maximum absolute atomic E-state index is 2.40. The third-order valence-corrected chi connectivity index (χ3v) is 12.1. The minimum Gasteiger partial charge on any atom is -0.309 e. The number of hydrogen-bond acceptors (Lipinski definition) is 1. The highest BCUT2D eigenvalue weighted by Gasteiger charge is 2.50. The van der Waals surface area contributed by atoms with Crippen LogP contribution in [0.3, 0.4) is 0 Å². The molecule has 0 N–H and O–H groups in total. The second kappa shape index (κ2) is 8.46. The Morgan fingerprint density at radius 1 is 0.679 bits per heavy atom. The van der Waals surface area contributed by atoms with Crippen molar-refractivity contribution in [1.29, 1.82) is 0 Å². The molecular weight excluding hydrogens is 354 g/mol. The maximum Gasteiger partial charge on any atom is 0.151 e. The van der Waals surface area contributed by atoms with Crippen LogP contribution in [0.4, 0.5) is 0 Å². The van der Waals surface area contributed by atoms with E-state index in [9.17, 15) is 0 Å². The average molecular weight is 386 g/mol. The summed E-state index contributed by atoms with van der Waals surface area (Å²) in [6, 6.07) is 34.3. The molecule has 0 heterocycles. The second-order valence-corrected chi connectivity index (χ2v) is 12.6. The van der Waals surface area contributed by atoms with Crippen molar-refractivity contribution in [3.63, 3.8) is 0 Å². The van der Waals surface area contributed by atoms with E-state index in [4.69, 9.17) is 0 Å². The monoisotopic (exact) mass is 385 g/mol. The van der Waals surface area contributed by atoms with Gasteiger partial charge in [-0.3, -0.25) is 0 Å². The SMILES string of the molecule is CN(C)CC1CCCC1[Si](c1ccccc1)(c1ccccc1)c1ccccc1. The van der Waals surface area contributed by atoms with Crippen molar-refractivity contribution in [2.24, 2.45) is 5.92 Å². The first kappa shape index (κ1) is 19.2. The number of nitrogens with zero attached hydrogens (tertiary/aromatic N) is 1. The van der Waals surface area contributed by atoms with Gasteiger partial charge in [0.25, 0.3) is 0 Å². The zero-order valence-electron chi connectivity index (χ0n) is 17.1. The fourth-order valence-electron chi connectivity index (χ4n) is 5.54. The molecule has 1 aliphatic rings. The van der Waals surface area contributed by atoms with Crippen molar-refractivity contribution in [3.05, 3.63) is 91.0 Å². The van der Waals surface area contributed by atoms with Gasteiger partial charge in [-0.1, -0.05) is 104 Å². The summed E-state index contributed by atoms with van der Waals surface area (Å²) >= 11 is 0. The summed E-state index contributed by atoms with van der Waals surface area (Å²) in [6.45, 7) is 1.19. The number of hydrogen-bond donors (Lipinski definition) is 0. The lowest BCUT2D eigenvalue weighted by Crippen LogP contribution is -2.70. The smallest absolute Gasteiger partial charge is 0.151 e. The van der Waals surface area contributed by atoms with E-state index >= 15 is 0 Å². The Kier molecular flexibility index (Phi) is 5.79. The zero-order valence-corrected chi connectivity index (χ0v) is 18.1. The van der Waals surface area contributed by atoms with Crippen LogP contribution in [0.2, 0.25) is 5.54 Å². The lowest BCUT2D eigenvalue weighted by molar-refractivity contribution is 0.327. The molecule has 144 valence electrons. The van der Waals surface area contributed by atoms with Gasteiger partial charge >= 0.3 is 0 Å². The highest BCUT2D eigenvalue weighted by Crippen LogP contribution is 2.43. The first-order valence-electron chi connectivity index (χ1n) is 10.5. The summed E-state index contributed by atoms with van der Waals surface area (Å²) in [5, 5.41) is 4.68. The molecule has 0 aliphatic heterocycles. The van der Waals surface area contributed by atoms with Gasteiger partial charge in [0.15, 0.2) is 8.07 Å². The van der Waals surface area contributed by atoms with Crippen LogP contribution in [0.25, 0.3) is 0 Å². The predicted octanol–water partition coefficient (Wildman–Crippen LogP) is 3.89. The largest absolute Gasteiger partial charge is 0.309 e. The van der Waals surface area contributed by atoms with Crippen LogP contribution in [0.1, 0.15) is 19.3 Å². The molecule has 0 radical (unpaired) electrons. The van der Waals surface area contributed by atoms with Gasteiger partial charge in [0.1, 0.15) is 0 Å². The van der Waals surface area contributed by atoms with Crippen molar-refractivity contribution in [3.8, 4) is 0 Å². The molecule has 0 aromatic heterocycles. The van der Waals surface area contributed by atoms with Crippen LogP contribution in [-0.4, -0.2) is 33.6 Å². The van der Waals surface area contributed by atoms with Crippen LogP contribution in [-0.2, 0) is 0 Å². The molecule has 1 nitrogen and oxygen atoms in total. The Morgan fingerprint density at radius 2 is 1.11 bits per heavy atom. The van der Waals surface area contributed by atoms with E-state index in [-0.39, 0.29) is 0 Å². The highest BCUT2D eigenvalue weighted by molar-refractivity contribution is 7.12. The van der Waals surface area contributed by atoms with Crippen LogP contribution >= 0.6 is 0 Å². The van der Waals surface area contributed by atoms with Crippen LogP contribution < -0.4 is 15.6 Å². The fourth-order valence-corrected chi connectivity index (χ4v) is 11.6. The van der Waals surface area contributed by atoms with Crippen LogP contribution in [0, 0.1) is 5.92 Å². The molecule has 2 unspecified atom stereocenters. The summed E-state index contributed by atoms with van der Waals surface area (Å²) in [4.78, 5) is 2.39. The topological polar surface area (TPSA) is 3.24 Å². The molecule has 0 spiro atoms. The van der Waals surface area contributed by atoms with Crippen molar-refractivity contribution in [2.75, 3.05) is 20.6 Å². The Bertz CT molecular complexity index is 764. The molecule has 0 saturated heterocycles. The molecule has 3 aromatic rings. The minimum absolute atomic E-state index is 0.724. The third kappa shape index (κ3) is 3.47. The first-order valence-corrected chi connectivity index (χ1v) is 12.6. The summed E-state index contributed by atoms with van der Waals surface area (Å²) in [5.74, 6) is 0.752. The van der Waals surface area contributed by atoms with E-state index in [0.29, 0.717) is 0 Å². The van der Waals surface area contributed by atoms with Crippen molar-refractivity contribution >= 4 is 23.6 Å². The highest BCUT2D eigenvalue weighted by atomic mass is 28.3. The maximum atomic E-state index is 2.40. The standard InChI is InChI=1S/C26H31NSi/c1-27(2)21-22-13-12-20-26(22)28(23-14-6-3-7-15-23,24-16-8-4-9-17-24)25-18-10-5-11-19-25/h3-11,14-19,22,26H,12-13,20-21H2,1-2H3. The molecule has 4 rings (SSSR count). The average Bonchev–Trinajstić information content (AvgIpc) is 3.19. The Hall–Kier alpha value is -2.16. The van der Waals surface area contributed by atoms with E-state index < -0.39 is 8.07 Å². The predicted molar refractivity (Wildman–Crippen MR) is 124 cm³/mol. The molecule has 0 amide bonds. The molecule has 2 heteroatoms. The lowest BCUT2D eigenvalue weighted by atomic mass is 10.1. The Balaban J connectivity index is 1.99. The van der Waals surface area contributed by atoms with Crippen LogP contribution in [0.15, 0.2) is 91.0 Å². The van der Waals surface area contributed by atoms with Gasteiger partial charge in [-0.2, -0.15) is 0 Å². The summed E-state index contributed by atoms with van der Waals surface area (Å²) in [5.41, 5.74) is 0.724. The van der Waals surface area contributed by atoms with Gasteiger partial charge in [0, 0.05) is 6.54 Å². The van der Waals surface area contributed by atoms with E-state index in [1.807, 2.05) is 0 Å². The Labute approximate surface area is 171 Å². The molecule has 1 aliphatic carbocycles. The van der Waals surface area contributed by atoms with Gasteiger partial charge in [-0.05, 0) is 47.5 Å². The third-order valence-electron chi connectivity index (χ3n) is 6.50. The molecule has 28 heavy (non-hydrogen) atoms. The molecular formula is C26H31NSi. The molecule has 3 aromatic carbocycles. The van der Waals surface area contributed by atoms with Gasteiger partial charge in [0.05, 0.1) is 0 Å². The first-order chi connectivity index (χ1) is 13.7. The molecule has 1 saturated carbocycles. The number of rotatable bonds is 6. The fraction of sp³-hybridized carbons (Fsp3) is 0.308. The van der Waals surface area contributed by atoms with Gasteiger partial charge in [-0.25, -0.2) is 0 Å². The number of benzene rings is 3. The molecule has 2 atom stereocenters. The minimum atomic E-state index is -2.15. The molecule has 1 fully saturated rings.